The van der Waals surface area contributed by atoms with Gasteiger partial charge < -0.3 is 34.4 Å². The summed E-state index contributed by atoms with van der Waals surface area (Å²) in [6.45, 7) is 28.2. The summed E-state index contributed by atoms with van der Waals surface area (Å²) in [4.78, 5) is 78.0. The number of benzene rings is 2. The van der Waals surface area contributed by atoms with Crippen LogP contribution in [0.3, 0.4) is 0 Å². The van der Waals surface area contributed by atoms with E-state index in [9.17, 15) is 27.2 Å². The number of carbonyl (C=O) groups is 3. The Labute approximate surface area is 510 Å². The van der Waals surface area contributed by atoms with Gasteiger partial charge in [-0.1, -0.05) is 26.0 Å². The number of fused-ring (bicyclic) bond motifs is 2. The van der Waals surface area contributed by atoms with Crippen LogP contribution in [0.5, 0.6) is 5.75 Å². The zero-order chi connectivity index (χ0) is 62.3. The van der Waals surface area contributed by atoms with E-state index >= 15 is 0 Å². The number of amides is 3. The van der Waals surface area contributed by atoms with E-state index in [-0.39, 0.29) is 64.5 Å². The number of nitrogens with zero attached hydrogens (tertiary/aromatic N) is 12. The van der Waals surface area contributed by atoms with Crippen LogP contribution in [-0.2, 0) is 31.2 Å². The number of sulfone groups is 1. The van der Waals surface area contributed by atoms with Gasteiger partial charge in [-0.2, -0.15) is 5.10 Å². The molecule has 2 N–H and O–H groups in total. The topological polar surface area (TPSA) is 228 Å². The first-order valence-electron chi connectivity index (χ1n) is 30.5. The molecule has 2 aromatic carbocycles. The third kappa shape index (κ3) is 14.0. The van der Waals surface area contributed by atoms with Gasteiger partial charge in [-0.25, -0.2) is 37.5 Å². The minimum atomic E-state index is -3.83. The summed E-state index contributed by atoms with van der Waals surface area (Å²) in [6.07, 6.45) is 10.2. The minimum Gasteiger partial charge on any atom is -0.492 e. The number of piperazine rings is 2. The number of anilines is 4. The maximum Gasteiger partial charge on any atom is 0.410 e. The van der Waals surface area contributed by atoms with Crippen molar-refractivity contribution in [2.45, 2.75) is 154 Å². The largest absolute Gasteiger partial charge is 0.492 e. The number of hydrogen-bond donors (Lipinski definition) is 2. The third-order valence-electron chi connectivity index (χ3n) is 17.5. The van der Waals surface area contributed by atoms with Crippen molar-refractivity contribution >= 4 is 61.9 Å². The Bertz CT molecular complexity index is 3600. The number of ether oxygens (including phenoxy) is 2. The fraction of sp³-hybridized carbons (Fsp3) is 0.547. The number of aromatic amines is 1. The van der Waals surface area contributed by atoms with E-state index in [4.69, 9.17) is 24.4 Å². The van der Waals surface area contributed by atoms with E-state index in [1.165, 1.54) is 18.5 Å². The molecule has 4 aromatic heterocycles. The highest BCUT2D eigenvalue weighted by molar-refractivity contribution is 7.92. The van der Waals surface area contributed by atoms with Crippen LogP contribution in [0.1, 0.15) is 133 Å². The summed E-state index contributed by atoms with van der Waals surface area (Å²) < 4.78 is 52.9. The van der Waals surface area contributed by atoms with Crippen LogP contribution >= 0.6 is 0 Å². The molecule has 0 aliphatic carbocycles. The highest BCUT2D eigenvalue weighted by Gasteiger charge is 2.44. The van der Waals surface area contributed by atoms with Gasteiger partial charge in [0.1, 0.15) is 34.2 Å². The van der Waals surface area contributed by atoms with E-state index in [0.29, 0.717) is 98.8 Å². The monoisotopic (exact) mass is 1210 g/mol. The molecule has 8 heterocycles. The Morgan fingerprint density at radius 2 is 1.55 bits per heavy atom. The summed E-state index contributed by atoms with van der Waals surface area (Å²) in [6, 6.07) is 11.3. The molecule has 3 saturated heterocycles. The van der Waals surface area contributed by atoms with Crippen LogP contribution in [0.25, 0.3) is 10.9 Å². The van der Waals surface area contributed by atoms with Crippen molar-refractivity contribution in [2.75, 3.05) is 87.2 Å². The van der Waals surface area contributed by atoms with E-state index < -0.39 is 20.2 Å². The maximum atomic E-state index is 14.7. The van der Waals surface area contributed by atoms with Crippen LogP contribution in [0.4, 0.5) is 32.5 Å². The lowest BCUT2D eigenvalue weighted by Crippen LogP contribution is -2.65. The molecular formula is C64H85FN14O7S. The Hall–Kier alpha value is -7.37. The molecular weight excluding hydrogens is 1130 g/mol. The molecule has 3 amide bonds. The number of rotatable bonds is 16. The second-order valence-electron chi connectivity index (χ2n) is 26.8. The molecule has 23 heteroatoms. The van der Waals surface area contributed by atoms with Crippen LogP contribution in [-0.4, -0.2) is 182 Å². The third-order valence-corrected chi connectivity index (χ3v) is 20.0. The minimum absolute atomic E-state index is 0.0331. The molecule has 0 bridgehead atoms. The van der Waals surface area contributed by atoms with Gasteiger partial charge in [-0.15, -0.1) is 0 Å². The zero-order valence-corrected chi connectivity index (χ0v) is 53.3. The number of piperidine rings is 1. The van der Waals surface area contributed by atoms with Gasteiger partial charge in [-0.05, 0) is 143 Å². The molecule has 3 atom stereocenters. The van der Waals surface area contributed by atoms with Crippen LogP contribution in [0.2, 0.25) is 0 Å². The number of hydrogen-bond acceptors (Lipinski definition) is 17. The normalized spacial score (nSPS) is 19.8. The zero-order valence-electron chi connectivity index (χ0n) is 52.5. The molecule has 6 aromatic rings. The van der Waals surface area contributed by atoms with Gasteiger partial charge in [0.05, 0.1) is 40.4 Å². The molecule has 10 rings (SSSR count). The van der Waals surface area contributed by atoms with E-state index in [1.54, 1.807) is 62.3 Å². The van der Waals surface area contributed by atoms with Crippen molar-refractivity contribution in [3.05, 3.63) is 107 Å². The predicted molar refractivity (Wildman–Crippen MR) is 333 cm³/mol. The summed E-state index contributed by atoms with van der Waals surface area (Å²) in [5.41, 5.74) is 5.28. The summed E-state index contributed by atoms with van der Waals surface area (Å²) in [5.74, 6) is 1.84. The Kier molecular flexibility index (Phi) is 18.0. The average Bonchev–Trinajstić information content (AvgIpc) is 1.91. The number of aromatic nitrogens is 7. The quantitative estimate of drug-likeness (QED) is 0.0861. The number of H-pyrrole nitrogens is 1. The van der Waals surface area contributed by atoms with Gasteiger partial charge in [0.15, 0.2) is 15.7 Å². The molecule has 0 saturated carbocycles. The number of halogens is 1. The fourth-order valence-electron chi connectivity index (χ4n) is 12.3. The van der Waals surface area contributed by atoms with Gasteiger partial charge in [0, 0.05) is 124 Å². The lowest BCUT2D eigenvalue weighted by atomic mass is 9.91. The van der Waals surface area contributed by atoms with E-state index in [1.807, 2.05) is 63.6 Å². The van der Waals surface area contributed by atoms with Crippen molar-refractivity contribution < 1.29 is 36.7 Å². The van der Waals surface area contributed by atoms with Crippen LogP contribution in [0, 0.1) is 25.6 Å². The molecule has 4 aliphatic heterocycles. The highest BCUT2D eigenvalue weighted by atomic mass is 32.2. The molecule has 0 unspecified atom stereocenters. The number of carbonyl (C=O) groups excluding carboxylic acids is 3. The second kappa shape index (κ2) is 25.0. The van der Waals surface area contributed by atoms with E-state index in [0.717, 1.165) is 72.5 Å². The standard InChI is InChI=1S/C64H85FN14O7S/c1-40-33-76(24-23-75(40)35-49-36-78(61(82)86-62(5,6)7)41(2)34-77(49)37-55(80)79-38-64(11,12)56-52(79)27-46(30-66-56)26-45-15-17-48(65)18-16-45)59(81)47-31-67-60(68-32-47)74-21-19-44(20-22-74)14-13-25-85-53-29-51-50(28-54(53)87(83,84)63(8,9)10)58(70-39-69-51)71-57-42(3)43(4)72-73-57/h15-18,27-32,39-41,44,49H,13-14,19-26,33-38H2,1-12H3,(H2,69,70,71,72,73)/t40-,41+,49+/m1/s1. The lowest BCUT2D eigenvalue weighted by Gasteiger charge is -2.48. The fourth-order valence-corrected chi connectivity index (χ4v) is 13.6. The number of pyridine rings is 1. The van der Waals surface area contributed by atoms with Gasteiger partial charge >= 0.3 is 6.09 Å². The van der Waals surface area contributed by atoms with E-state index in [2.05, 4.69) is 61.0 Å². The predicted octanol–water partition coefficient (Wildman–Crippen LogP) is 9.06. The summed E-state index contributed by atoms with van der Waals surface area (Å²) in [7, 11) is -3.83. The molecule has 0 radical (unpaired) electrons. The van der Waals surface area contributed by atoms with Crippen molar-refractivity contribution in [1.29, 1.82) is 0 Å². The second-order valence-corrected chi connectivity index (χ2v) is 29.5. The first-order valence-corrected chi connectivity index (χ1v) is 31.9. The maximum absolute atomic E-state index is 14.7. The summed E-state index contributed by atoms with van der Waals surface area (Å²) >= 11 is 0. The number of aryl methyl sites for hydroxylation is 1. The first kappa shape index (κ1) is 62.7. The van der Waals surface area contributed by atoms with Crippen LogP contribution in [0.15, 0.2) is 72.3 Å². The molecule has 3 fully saturated rings. The molecule has 4 aliphatic rings. The van der Waals surface area contributed by atoms with Crippen molar-refractivity contribution in [3.8, 4) is 5.75 Å². The summed E-state index contributed by atoms with van der Waals surface area (Å²) in [5, 5.41) is 11.1. The smallest absolute Gasteiger partial charge is 0.410 e. The van der Waals surface area contributed by atoms with Gasteiger partial charge in [0.2, 0.25) is 11.9 Å². The van der Waals surface area contributed by atoms with Crippen molar-refractivity contribution in [2.24, 2.45) is 5.92 Å². The molecule has 0 spiro atoms. The van der Waals surface area contributed by atoms with Gasteiger partial charge in [-0.3, -0.25) is 29.5 Å². The number of nitrogens with one attached hydrogen (secondary N) is 2. The Morgan fingerprint density at radius 3 is 2.22 bits per heavy atom. The van der Waals surface area contributed by atoms with Crippen molar-refractivity contribution in [3.63, 3.8) is 0 Å². The highest BCUT2D eigenvalue weighted by Crippen LogP contribution is 2.41. The van der Waals surface area contributed by atoms with Crippen molar-refractivity contribution in [1.82, 2.24) is 54.7 Å². The lowest BCUT2D eigenvalue weighted by molar-refractivity contribution is -0.121. The molecule has 87 heavy (non-hydrogen) atoms. The van der Waals surface area contributed by atoms with Crippen LogP contribution < -0.4 is 19.9 Å². The Balaban J connectivity index is 0.728. The average molecular weight is 1210 g/mol. The first-order chi connectivity index (χ1) is 41.1. The molecule has 21 nitrogen and oxygen atoms in total. The van der Waals surface area contributed by atoms with Gasteiger partial charge in [0.25, 0.3) is 5.91 Å². The Morgan fingerprint density at radius 1 is 0.828 bits per heavy atom. The SMILES string of the molecule is Cc1[nH]nc(Nc2ncnc3cc(OCCCC4CCN(c5ncc(C(=O)N6CCN(C[C@H]7CN(C(=O)OC(C)(C)C)[C@@H](C)CN7CC(=O)N7CC(C)(C)c8ncc(Cc9ccc(F)cc9)cc87)[C@H](C)C6)cn5)CC4)c(S(=O)(=O)C(C)(C)C)cc23)c1C. The molecule has 466 valence electrons.